The number of amides is 2. The maximum absolute atomic E-state index is 12.0. The fourth-order valence-electron chi connectivity index (χ4n) is 2.26. The minimum Gasteiger partial charge on any atom is -0.378 e. The third-order valence-corrected chi connectivity index (χ3v) is 3.63. The average molecular weight is 297 g/mol. The lowest BCUT2D eigenvalue weighted by Crippen LogP contribution is -2.28. The molecule has 2 aromatic rings. The van der Waals surface area contributed by atoms with E-state index in [-0.39, 0.29) is 6.03 Å². The Labute approximate surface area is 132 Å². The predicted octanol–water partition coefficient (Wildman–Crippen LogP) is 3.69. The van der Waals surface area contributed by atoms with E-state index in [9.17, 15) is 4.79 Å². The summed E-state index contributed by atoms with van der Waals surface area (Å²) < 4.78 is 0. The second-order valence-corrected chi connectivity index (χ2v) is 5.64. The van der Waals surface area contributed by atoms with Crippen molar-refractivity contribution >= 4 is 17.4 Å². The molecule has 2 N–H and O–H groups in total. The van der Waals surface area contributed by atoms with Crippen molar-refractivity contribution in [1.29, 1.82) is 0 Å². The second-order valence-electron chi connectivity index (χ2n) is 5.64. The van der Waals surface area contributed by atoms with Gasteiger partial charge < -0.3 is 15.5 Å². The minimum atomic E-state index is -0.186. The van der Waals surface area contributed by atoms with Gasteiger partial charge in [-0.1, -0.05) is 30.3 Å². The van der Waals surface area contributed by atoms with Crippen LogP contribution in [0.4, 0.5) is 16.2 Å². The number of aryl methyl sites for hydroxylation is 2. The first kappa shape index (κ1) is 15.9. The highest BCUT2D eigenvalue weighted by Gasteiger charge is 2.06. The van der Waals surface area contributed by atoms with Gasteiger partial charge in [0.25, 0.3) is 0 Å². The van der Waals surface area contributed by atoms with Crippen molar-refractivity contribution in [2.75, 3.05) is 24.3 Å². The maximum atomic E-state index is 12.0. The number of anilines is 2. The van der Waals surface area contributed by atoms with Crippen molar-refractivity contribution in [2.45, 2.75) is 20.4 Å². The Hall–Kier alpha value is -2.49. The molecule has 0 aliphatic rings. The van der Waals surface area contributed by atoms with Crippen LogP contribution in [-0.4, -0.2) is 20.1 Å². The Morgan fingerprint density at radius 1 is 1.00 bits per heavy atom. The smallest absolute Gasteiger partial charge is 0.319 e. The van der Waals surface area contributed by atoms with Crippen molar-refractivity contribution in [3.8, 4) is 0 Å². The van der Waals surface area contributed by atoms with Gasteiger partial charge >= 0.3 is 6.03 Å². The molecule has 0 fully saturated rings. The number of carbonyl (C=O) groups excluding carboxylic acids is 1. The minimum absolute atomic E-state index is 0.186. The first-order valence-electron chi connectivity index (χ1n) is 7.34. The van der Waals surface area contributed by atoms with Crippen LogP contribution in [0, 0.1) is 13.8 Å². The van der Waals surface area contributed by atoms with E-state index in [0.29, 0.717) is 6.54 Å². The fourth-order valence-corrected chi connectivity index (χ4v) is 2.26. The van der Waals surface area contributed by atoms with Crippen LogP contribution < -0.4 is 15.5 Å². The van der Waals surface area contributed by atoms with Crippen molar-refractivity contribution < 1.29 is 4.79 Å². The van der Waals surface area contributed by atoms with Crippen LogP contribution in [0.15, 0.2) is 42.5 Å². The fraction of sp³-hybridized carbons (Fsp3) is 0.278. The molecule has 0 saturated carbocycles. The number of hydrogen-bond acceptors (Lipinski definition) is 2. The summed E-state index contributed by atoms with van der Waals surface area (Å²) in [5.74, 6) is 0. The Morgan fingerprint density at radius 3 is 2.14 bits per heavy atom. The number of urea groups is 1. The van der Waals surface area contributed by atoms with Gasteiger partial charge in [-0.3, -0.25) is 0 Å². The SMILES string of the molecule is Cc1cccc(C)c1NC(=O)NCc1ccc(N(C)C)cc1. The molecule has 4 heteroatoms. The normalized spacial score (nSPS) is 10.2. The maximum Gasteiger partial charge on any atom is 0.319 e. The molecule has 0 spiro atoms. The summed E-state index contributed by atoms with van der Waals surface area (Å²) in [4.78, 5) is 14.1. The van der Waals surface area contributed by atoms with E-state index in [1.54, 1.807) is 0 Å². The second kappa shape index (κ2) is 6.98. The Bertz CT molecular complexity index is 628. The van der Waals surface area contributed by atoms with Gasteiger partial charge in [0, 0.05) is 32.0 Å². The van der Waals surface area contributed by atoms with Gasteiger partial charge in [-0.05, 0) is 42.7 Å². The van der Waals surface area contributed by atoms with Crippen LogP contribution in [0.2, 0.25) is 0 Å². The summed E-state index contributed by atoms with van der Waals surface area (Å²) in [6, 6.07) is 13.9. The molecule has 0 atom stereocenters. The summed E-state index contributed by atoms with van der Waals surface area (Å²) in [6.07, 6.45) is 0. The summed E-state index contributed by atoms with van der Waals surface area (Å²) >= 11 is 0. The highest BCUT2D eigenvalue weighted by molar-refractivity contribution is 5.90. The van der Waals surface area contributed by atoms with Gasteiger partial charge in [0.05, 0.1) is 0 Å². The topological polar surface area (TPSA) is 44.4 Å². The van der Waals surface area contributed by atoms with Gasteiger partial charge in [0.15, 0.2) is 0 Å². The van der Waals surface area contributed by atoms with Crippen LogP contribution in [0.1, 0.15) is 16.7 Å². The van der Waals surface area contributed by atoms with E-state index in [0.717, 1.165) is 28.1 Å². The van der Waals surface area contributed by atoms with Gasteiger partial charge in [-0.2, -0.15) is 0 Å². The molecular formula is C18H23N3O. The first-order valence-corrected chi connectivity index (χ1v) is 7.34. The highest BCUT2D eigenvalue weighted by atomic mass is 16.2. The quantitative estimate of drug-likeness (QED) is 0.904. The third-order valence-electron chi connectivity index (χ3n) is 3.63. The van der Waals surface area contributed by atoms with Crippen LogP contribution in [0.3, 0.4) is 0 Å². The summed E-state index contributed by atoms with van der Waals surface area (Å²) in [5, 5.41) is 5.81. The molecule has 2 rings (SSSR count). The van der Waals surface area contributed by atoms with Gasteiger partial charge in [0.1, 0.15) is 0 Å². The Balaban J connectivity index is 1.93. The molecule has 0 aliphatic heterocycles. The predicted molar refractivity (Wildman–Crippen MR) is 92.5 cm³/mol. The monoisotopic (exact) mass is 297 g/mol. The van der Waals surface area contributed by atoms with Gasteiger partial charge in [-0.15, -0.1) is 0 Å². The zero-order valence-corrected chi connectivity index (χ0v) is 13.6. The molecule has 0 aliphatic carbocycles. The van der Waals surface area contributed by atoms with E-state index in [1.165, 1.54) is 0 Å². The van der Waals surface area contributed by atoms with Gasteiger partial charge in [0.2, 0.25) is 0 Å². The third kappa shape index (κ3) is 4.01. The number of carbonyl (C=O) groups is 1. The summed E-state index contributed by atoms with van der Waals surface area (Å²) in [6.45, 7) is 4.48. The number of nitrogens with zero attached hydrogens (tertiary/aromatic N) is 1. The lowest BCUT2D eigenvalue weighted by molar-refractivity contribution is 0.251. The molecule has 0 saturated heterocycles. The molecule has 116 valence electrons. The van der Waals surface area contributed by atoms with Crippen molar-refractivity contribution in [2.24, 2.45) is 0 Å². The van der Waals surface area contributed by atoms with Crippen molar-refractivity contribution in [3.05, 3.63) is 59.2 Å². The molecule has 4 nitrogen and oxygen atoms in total. The molecule has 0 aromatic heterocycles. The van der Waals surface area contributed by atoms with E-state index in [4.69, 9.17) is 0 Å². The molecule has 0 heterocycles. The molecule has 0 bridgehead atoms. The number of hydrogen-bond donors (Lipinski definition) is 2. The standard InChI is InChI=1S/C18H23N3O/c1-13-6-5-7-14(2)17(13)20-18(22)19-12-15-8-10-16(11-9-15)21(3)4/h5-11H,12H2,1-4H3,(H2,19,20,22). The van der Waals surface area contributed by atoms with Crippen LogP contribution in [0.25, 0.3) is 0 Å². The zero-order chi connectivity index (χ0) is 16.1. The molecule has 2 amide bonds. The Kier molecular flexibility index (Phi) is 5.04. The molecule has 0 radical (unpaired) electrons. The summed E-state index contributed by atoms with van der Waals surface area (Å²) in [7, 11) is 4.01. The van der Waals surface area contributed by atoms with Crippen LogP contribution >= 0.6 is 0 Å². The lowest BCUT2D eigenvalue weighted by Gasteiger charge is -2.14. The molecule has 22 heavy (non-hydrogen) atoms. The van der Waals surface area contributed by atoms with E-state index < -0.39 is 0 Å². The molecule has 2 aromatic carbocycles. The van der Waals surface area contributed by atoms with Crippen molar-refractivity contribution in [3.63, 3.8) is 0 Å². The number of benzene rings is 2. The number of para-hydroxylation sites is 1. The average Bonchev–Trinajstić information content (AvgIpc) is 2.49. The van der Waals surface area contributed by atoms with E-state index >= 15 is 0 Å². The number of nitrogens with one attached hydrogen (secondary N) is 2. The summed E-state index contributed by atoms with van der Waals surface area (Å²) in [5.41, 5.74) is 5.21. The van der Waals surface area contributed by atoms with Crippen molar-refractivity contribution in [1.82, 2.24) is 5.32 Å². The van der Waals surface area contributed by atoms with E-state index in [2.05, 4.69) is 10.6 Å². The largest absolute Gasteiger partial charge is 0.378 e. The lowest BCUT2D eigenvalue weighted by atomic mass is 10.1. The molecule has 0 unspecified atom stereocenters. The van der Waals surface area contributed by atoms with E-state index in [1.807, 2.05) is 75.3 Å². The van der Waals surface area contributed by atoms with Crippen LogP contribution in [-0.2, 0) is 6.54 Å². The Morgan fingerprint density at radius 2 is 1.59 bits per heavy atom. The van der Waals surface area contributed by atoms with Gasteiger partial charge in [-0.25, -0.2) is 4.79 Å². The zero-order valence-electron chi connectivity index (χ0n) is 13.6. The first-order chi connectivity index (χ1) is 10.5. The molecular weight excluding hydrogens is 274 g/mol. The van der Waals surface area contributed by atoms with Crippen LogP contribution in [0.5, 0.6) is 0 Å². The number of rotatable bonds is 4. The highest BCUT2D eigenvalue weighted by Crippen LogP contribution is 2.19.